The first-order chi connectivity index (χ1) is 8.16. The van der Waals surface area contributed by atoms with Crippen molar-refractivity contribution in [2.45, 2.75) is 65.2 Å². The Balaban J connectivity index is 1.99. The summed E-state index contributed by atoms with van der Waals surface area (Å²) in [7, 11) is 0. The van der Waals surface area contributed by atoms with Crippen molar-refractivity contribution >= 4 is 0 Å². The van der Waals surface area contributed by atoms with Gasteiger partial charge in [0.25, 0.3) is 0 Å². The van der Waals surface area contributed by atoms with Gasteiger partial charge in [-0.15, -0.1) is 0 Å². The largest absolute Gasteiger partial charge is 0.330 e. The molecule has 102 valence electrons. The van der Waals surface area contributed by atoms with Crippen LogP contribution in [0.3, 0.4) is 0 Å². The van der Waals surface area contributed by atoms with E-state index in [1.54, 1.807) is 0 Å². The van der Waals surface area contributed by atoms with Crippen LogP contribution >= 0.6 is 0 Å². The van der Waals surface area contributed by atoms with Crippen LogP contribution in [0.5, 0.6) is 0 Å². The van der Waals surface area contributed by atoms with Crippen molar-refractivity contribution < 1.29 is 0 Å². The predicted octanol–water partition coefficient (Wildman–Crippen LogP) is 3.31. The molecule has 0 aromatic rings. The second-order valence-electron chi connectivity index (χ2n) is 6.37. The molecule has 0 spiro atoms. The number of nitrogens with two attached hydrogens (primary N) is 1. The van der Waals surface area contributed by atoms with Gasteiger partial charge in [-0.3, -0.25) is 0 Å². The highest BCUT2D eigenvalue weighted by atomic mass is 14.9. The fourth-order valence-electron chi connectivity index (χ4n) is 2.98. The topological polar surface area (TPSA) is 38.0 Å². The van der Waals surface area contributed by atoms with Crippen molar-refractivity contribution in [3.63, 3.8) is 0 Å². The molecular formula is C15H32N2. The molecule has 0 aromatic carbocycles. The van der Waals surface area contributed by atoms with E-state index in [9.17, 15) is 0 Å². The van der Waals surface area contributed by atoms with Crippen molar-refractivity contribution in [3.05, 3.63) is 0 Å². The standard InChI is InChI=1S/C15H32N2/c1-14(8-11-16)7-6-12-17-13-15(2)9-4-3-5-10-15/h14,17H,3-13,16H2,1-2H3. The number of nitrogens with one attached hydrogen (secondary N) is 1. The lowest BCUT2D eigenvalue weighted by Gasteiger charge is -2.33. The minimum absolute atomic E-state index is 0.584. The first-order valence-corrected chi connectivity index (χ1v) is 7.57. The zero-order chi connectivity index (χ0) is 12.6. The third kappa shape index (κ3) is 6.42. The lowest BCUT2D eigenvalue weighted by atomic mass is 9.76. The molecule has 3 N–H and O–H groups in total. The molecule has 1 fully saturated rings. The van der Waals surface area contributed by atoms with E-state index in [0.717, 1.165) is 12.5 Å². The second-order valence-corrected chi connectivity index (χ2v) is 6.37. The van der Waals surface area contributed by atoms with Crippen LogP contribution in [0.15, 0.2) is 0 Å². The van der Waals surface area contributed by atoms with Gasteiger partial charge in [0.15, 0.2) is 0 Å². The van der Waals surface area contributed by atoms with Gasteiger partial charge in [-0.2, -0.15) is 0 Å². The maximum Gasteiger partial charge on any atom is 0.000516 e. The van der Waals surface area contributed by atoms with Crippen molar-refractivity contribution in [2.75, 3.05) is 19.6 Å². The van der Waals surface area contributed by atoms with Gasteiger partial charge in [-0.05, 0) is 56.5 Å². The molecule has 0 amide bonds. The molecule has 1 saturated carbocycles. The molecule has 0 saturated heterocycles. The Labute approximate surface area is 108 Å². The minimum atomic E-state index is 0.584. The zero-order valence-corrected chi connectivity index (χ0v) is 11.9. The monoisotopic (exact) mass is 240 g/mol. The average Bonchev–Trinajstić information content (AvgIpc) is 2.30. The molecular weight excluding hydrogens is 208 g/mol. The van der Waals surface area contributed by atoms with Gasteiger partial charge < -0.3 is 11.1 Å². The van der Waals surface area contributed by atoms with Gasteiger partial charge in [-0.1, -0.05) is 33.1 Å². The predicted molar refractivity (Wildman–Crippen MR) is 76.1 cm³/mol. The van der Waals surface area contributed by atoms with Crippen LogP contribution < -0.4 is 11.1 Å². The highest BCUT2D eigenvalue weighted by Crippen LogP contribution is 2.34. The van der Waals surface area contributed by atoms with Crippen LogP contribution in [0.2, 0.25) is 0 Å². The number of hydrogen-bond acceptors (Lipinski definition) is 2. The summed E-state index contributed by atoms with van der Waals surface area (Å²) in [4.78, 5) is 0. The highest BCUT2D eigenvalue weighted by molar-refractivity contribution is 4.80. The van der Waals surface area contributed by atoms with E-state index in [-0.39, 0.29) is 0 Å². The summed E-state index contributed by atoms with van der Waals surface area (Å²) in [5.74, 6) is 0.798. The van der Waals surface area contributed by atoms with Gasteiger partial charge in [0, 0.05) is 6.54 Å². The molecule has 1 aliphatic carbocycles. The Kier molecular flexibility index (Phi) is 7.14. The molecule has 0 radical (unpaired) electrons. The summed E-state index contributed by atoms with van der Waals surface area (Å²) < 4.78 is 0. The van der Waals surface area contributed by atoms with E-state index in [1.165, 1.54) is 64.5 Å². The molecule has 0 aliphatic heterocycles. The van der Waals surface area contributed by atoms with Crippen LogP contribution in [-0.4, -0.2) is 19.6 Å². The Bertz CT molecular complexity index is 185. The third-order valence-electron chi connectivity index (χ3n) is 4.32. The Morgan fingerprint density at radius 3 is 2.53 bits per heavy atom. The quantitative estimate of drug-likeness (QED) is 0.639. The number of rotatable bonds is 8. The lowest BCUT2D eigenvalue weighted by Crippen LogP contribution is -2.34. The summed E-state index contributed by atoms with van der Waals surface area (Å²) in [6.07, 6.45) is 11.0. The van der Waals surface area contributed by atoms with Gasteiger partial charge in [0.05, 0.1) is 0 Å². The molecule has 1 unspecified atom stereocenters. The van der Waals surface area contributed by atoms with E-state index < -0.39 is 0 Å². The van der Waals surface area contributed by atoms with Crippen LogP contribution in [0.1, 0.15) is 65.2 Å². The van der Waals surface area contributed by atoms with Gasteiger partial charge >= 0.3 is 0 Å². The van der Waals surface area contributed by atoms with Crippen LogP contribution in [-0.2, 0) is 0 Å². The van der Waals surface area contributed by atoms with Crippen LogP contribution in [0.25, 0.3) is 0 Å². The van der Waals surface area contributed by atoms with Crippen molar-refractivity contribution in [1.82, 2.24) is 5.32 Å². The van der Waals surface area contributed by atoms with E-state index >= 15 is 0 Å². The SMILES string of the molecule is CC(CCN)CCCNCC1(C)CCCCC1. The first-order valence-electron chi connectivity index (χ1n) is 7.57. The maximum atomic E-state index is 5.56. The smallest absolute Gasteiger partial charge is 0.000516 e. The van der Waals surface area contributed by atoms with E-state index in [0.29, 0.717) is 5.41 Å². The van der Waals surface area contributed by atoms with Gasteiger partial charge in [0.2, 0.25) is 0 Å². The van der Waals surface area contributed by atoms with Gasteiger partial charge in [-0.25, -0.2) is 0 Å². The Morgan fingerprint density at radius 1 is 1.18 bits per heavy atom. The molecule has 0 aromatic heterocycles. The number of hydrogen-bond donors (Lipinski definition) is 2. The van der Waals surface area contributed by atoms with E-state index in [2.05, 4.69) is 19.2 Å². The molecule has 2 nitrogen and oxygen atoms in total. The van der Waals surface area contributed by atoms with Crippen molar-refractivity contribution in [1.29, 1.82) is 0 Å². The van der Waals surface area contributed by atoms with Gasteiger partial charge in [0.1, 0.15) is 0 Å². The molecule has 2 heteroatoms. The molecule has 1 rings (SSSR count). The van der Waals surface area contributed by atoms with Crippen LogP contribution in [0.4, 0.5) is 0 Å². The average molecular weight is 240 g/mol. The van der Waals surface area contributed by atoms with E-state index in [4.69, 9.17) is 5.73 Å². The van der Waals surface area contributed by atoms with Crippen molar-refractivity contribution in [2.24, 2.45) is 17.1 Å². The third-order valence-corrected chi connectivity index (χ3v) is 4.32. The lowest BCUT2D eigenvalue weighted by molar-refractivity contribution is 0.207. The summed E-state index contributed by atoms with van der Waals surface area (Å²) >= 11 is 0. The minimum Gasteiger partial charge on any atom is -0.330 e. The maximum absolute atomic E-state index is 5.56. The molecule has 0 heterocycles. The summed E-state index contributed by atoms with van der Waals surface area (Å²) in [6.45, 7) is 8.01. The normalized spacial score (nSPS) is 21.4. The highest BCUT2D eigenvalue weighted by Gasteiger charge is 2.25. The Hall–Kier alpha value is -0.0800. The van der Waals surface area contributed by atoms with E-state index in [1.807, 2.05) is 0 Å². The molecule has 0 bridgehead atoms. The van der Waals surface area contributed by atoms with Crippen molar-refractivity contribution in [3.8, 4) is 0 Å². The first kappa shape index (κ1) is 15.0. The molecule has 1 aliphatic rings. The molecule has 17 heavy (non-hydrogen) atoms. The summed E-state index contributed by atoms with van der Waals surface area (Å²) in [5, 5.41) is 3.66. The second kappa shape index (κ2) is 8.10. The fourth-order valence-corrected chi connectivity index (χ4v) is 2.98. The fraction of sp³-hybridized carbons (Fsp3) is 1.00. The zero-order valence-electron chi connectivity index (χ0n) is 11.9. The summed E-state index contributed by atoms with van der Waals surface area (Å²) in [6, 6.07) is 0. The molecule has 1 atom stereocenters. The van der Waals surface area contributed by atoms with Crippen LogP contribution in [0, 0.1) is 11.3 Å². The Morgan fingerprint density at radius 2 is 1.88 bits per heavy atom. The summed E-state index contributed by atoms with van der Waals surface area (Å²) in [5.41, 5.74) is 6.14.